The Bertz CT molecular complexity index is 1100. The topological polar surface area (TPSA) is 95.9 Å². The van der Waals surface area contributed by atoms with Crippen LogP contribution in [0.3, 0.4) is 0 Å². The fourth-order valence-corrected chi connectivity index (χ4v) is 6.11. The van der Waals surface area contributed by atoms with Crippen LogP contribution in [-0.4, -0.2) is 52.7 Å². The van der Waals surface area contributed by atoms with Crippen LogP contribution in [0.15, 0.2) is 48.5 Å². The zero-order valence-electron chi connectivity index (χ0n) is 20.0. The van der Waals surface area contributed by atoms with E-state index in [2.05, 4.69) is 29.6 Å². The minimum Gasteiger partial charge on any atom is -0.480 e. The Labute approximate surface area is 205 Å². The number of hydrogen-bond donors (Lipinski definition) is 2. The number of hydrogen-bond acceptors (Lipinski definition) is 4. The molecule has 0 bridgehead atoms. The van der Waals surface area contributed by atoms with E-state index in [9.17, 15) is 19.5 Å². The van der Waals surface area contributed by atoms with Gasteiger partial charge in [0.1, 0.15) is 12.1 Å². The molecule has 7 nitrogen and oxygen atoms in total. The Kier molecular flexibility index (Phi) is 6.26. The largest absolute Gasteiger partial charge is 0.480 e. The van der Waals surface area contributed by atoms with Crippen molar-refractivity contribution in [2.45, 2.75) is 62.9 Å². The summed E-state index contributed by atoms with van der Waals surface area (Å²) in [5.41, 5.74) is 3.56. The SMILES string of the molecule is CC1(C(=O)O)CCCN1C(=O)[C@H]1CCC[C@@H](NC(=O)OCC2c3ccccc3-c3ccccc32)C1. The van der Waals surface area contributed by atoms with Crippen LogP contribution < -0.4 is 5.32 Å². The van der Waals surface area contributed by atoms with Gasteiger partial charge in [-0.2, -0.15) is 0 Å². The van der Waals surface area contributed by atoms with Gasteiger partial charge in [0, 0.05) is 24.4 Å². The van der Waals surface area contributed by atoms with Gasteiger partial charge < -0.3 is 20.1 Å². The number of likely N-dealkylation sites (tertiary alicyclic amines) is 1. The number of carboxylic acids is 1. The summed E-state index contributed by atoms with van der Waals surface area (Å²) in [5, 5.41) is 12.6. The van der Waals surface area contributed by atoms with Crippen molar-refractivity contribution in [2.75, 3.05) is 13.2 Å². The number of amides is 2. The quantitative estimate of drug-likeness (QED) is 0.660. The fourth-order valence-electron chi connectivity index (χ4n) is 6.11. The van der Waals surface area contributed by atoms with Crippen molar-refractivity contribution < 1.29 is 24.2 Å². The third kappa shape index (κ3) is 4.28. The van der Waals surface area contributed by atoms with Crippen molar-refractivity contribution in [1.29, 1.82) is 0 Å². The van der Waals surface area contributed by atoms with E-state index in [0.717, 1.165) is 24.0 Å². The highest BCUT2D eigenvalue weighted by Gasteiger charge is 2.47. The Morgan fingerprint density at radius 2 is 1.69 bits per heavy atom. The Morgan fingerprint density at radius 1 is 1.03 bits per heavy atom. The number of aliphatic carboxylic acids is 1. The van der Waals surface area contributed by atoms with E-state index in [1.165, 1.54) is 16.0 Å². The molecule has 5 rings (SSSR count). The van der Waals surface area contributed by atoms with E-state index in [1.54, 1.807) is 6.92 Å². The lowest BCUT2D eigenvalue weighted by molar-refractivity contribution is -0.157. The number of benzene rings is 2. The van der Waals surface area contributed by atoms with Crippen molar-refractivity contribution in [3.8, 4) is 11.1 Å². The molecule has 184 valence electrons. The summed E-state index contributed by atoms with van der Waals surface area (Å²) in [4.78, 5) is 39.3. The number of fused-ring (bicyclic) bond motifs is 3. The number of ether oxygens (including phenoxy) is 1. The lowest BCUT2D eigenvalue weighted by Crippen LogP contribution is -2.53. The van der Waals surface area contributed by atoms with Gasteiger partial charge >= 0.3 is 12.1 Å². The summed E-state index contributed by atoms with van der Waals surface area (Å²) in [5.74, 6) is -1.34. The molecular formula is C28H32N2O5. The Balaban J connectivity index is 1.19. The molecule has 0 aromatic heterocycles. The van der Waals surface area contributed by atoms with Gasteiger partial charge in [-0.3, -0.25) is 4.79 Å². The van der Waals surface area contributed by atoms with Crippen LogP contribution in [0.2, 0.25) is 0 Å². The van der Waals surface area contributed by atoms with Crippen LogP contribution in [-0.2, 0) is 14.3 Å². The molecule has 3 aliphatic rings. The first kappa shape index (κ1) is 23.4. The lowest BCUT2D eigenvalue weighted by atomic mass is 9.84. The first-order valence-corrected chi connectivity index (χ1v) is 12.5. The summed E-state index contributed by atoms with van der Waals surface area (Å²) < 4.78 is 5.68. The zero-order valence-corrected chi connectivity index (χ0v) is 20.0. The fraction of sp³-hybridized carbons (Fsp3) is 0.464. The van der Waals surface area contributed by atoms with Gasteiger partial charge in [-0.15, -0.1) is 0 Å². The molecule has 1 aliphatic heterocycles. The van der Waals surface area contributed by atoms with E-state index in [-0.39, 0.29) is 30.4 Å². The number of nitrogens with zero attached hydrogens (tertiary/aromatic N) is 1. The van der Waals surface area contributed by atoms with Crippen LogP contribution in [0.4, 0.5) is 4.79 Å². The van der Waals surface area contributed by atoms with Crippen molar-refractivity contribution in [1.82, 2.24) is 10.2 Å². The van der Waals surface area contributed by atoms with Crippen LogP contribution in [0.5, 0.6) is 0 Å². The molecule has 3 atom stereocenters. The summed E-state index contributed by atoms with van der Waals surface area (Å²) in [6.45, 7) is 2.36. The molecule has 0 radical (unpaired) electrons. The van der Waals surface area contributed by atoms with Crippen LogP contribution in [0.1, 0.15) is 62.5 Å². The predicted octanol–water partition coefficient (Wildman–Crippen LogP) is 4.55. The lowest BCUT2D eigenvalue weighted by Gasteiger charge is -2.36. The van der Waals surface area contributed by atoms with E-state index in [1.807, 2.05) is 24.3 Å². The number of carbonyl (C=O) groups is 3. The standard InChI is InChI=1S/C28H32N2O5/c1-28(26(32)33)14-7-15-30(28)25(31)18-8-6-9-19(16-18)29-27(34)35-17-24-22-12-4-2-10-20(22)21-11-3-5-13-23(21)24/h2-5,10-13,18-19,24H,6-9,14-17H2,1H3,(H,29,34)(H,32,33)/t18-,19+,28?/m0/s1. The minimum atomic E-state index is -1.13. The average molecular weight is 477 g/mol. The molecule has 2 aromatic carbocycles. The van der Waals surface area contributed by atoms with Crippen LogP contribution in [0, 0.1) is 5.92 Å². The molecule has 2 amide bonds. The highest BCUT2D eigenvalue weighted by Crippen LogP contribution is 2.44. The highest BCUT2D eigenvalue weighted by molar-refractivity contribution is 5.88. The van der Waals surface area contributed by atoms with E-state index in [0.29, 0.717) is 32.2 Å². The second-order valence-electron chi connectivity index (χ2n) is 10.2. The normalized spacial score (nSPS) is 25.6. The van der Waals surface area contributed by atoms with Gasteiger partial charge in [-0.25, -0.2) is 9.59 Å². The second kappa shape index (κ2) is 9.36. The van der Waals surface area contributed by atoms with E-state index in [4.69, 9.17) is 4.74 Å². The van der Waals surface area contributed by atoms with Crippen molar-refractivity contribution in [3.05, 3.63) is 59.7 Å². The molecule has 2 N–H and O–H groups in total. The maximum atomic E-state index is 13.2. The molecular weight excluding hydrogens is 444 g/mol. The van der Waals surface area contributed by atoms with Crippen molar-refractivity contribution in [3.63, 3.8) is 0 Å². The summed E-state index contributed by atoms with van der Waals surface area (Å²) >= 11 is 0. The molecule has 2 aliphatic carbocycles. The number of rotatable bonds is 5. The van der Waals surface area contributed by atoms with Crippen LogP contribution in [0.25, 0.3) is 11.1 Å². The zero-order chi connectivity index (χ0) is 24.6. The van der Waals surface area contributed by atoms with E-state index >= 15 is 0 Å². The second-order valence-corrected chi connectivity index (χ2v) is 10.2. The Hall–Kier alpha value is -3.35. The summed E-state index contributed by atoms with van der Waals surface area (Å²) in [6.07, 6.45) is 3.52. The van der Waals surface area contributed by atoms with Gasteiger partial charge in [0.2, 0.25) is 5.91 Å². The number of nitrogens with one attached hydrogen (secondary N) is 1. The molecule has 35 heavy (non-hydrogen) atoms. The van der Waals surface area contributed by atoms with Gasteiger partial charge in [0.05, 0.1) is 0 Å². The number of carbonyl (C=O) groups excluding carboxylic acids is 2. The monoisotopic (exact) mass is 476 g/mol. The smallest absolute Gasteiger partial charge is 0.407 e. The van der Waals surface area contributed by atoms with Gasteiger partial charge in [-0.1, -0.05) is 55.0 Å². The third-order valence-corrected chi connectivity index (χ3v) is 8.06. The average Bonchev–Trinajstić information content (AvgIpc) is 3.41. The first-order chi connectivity index (χ1) is 16.9. The van der Waals surface area contributed by atoms with E-state index < -0.39 is 17.6 Å². The number of alkyl carbamates (subject to hydrolysis) is 1. The maximum Gasteiger partial charge on any atom is 0.407 e. The highest BCUT2D eigenvalue weighted by atomic mass is 16.5. The molecule has 1 saturated carbocycles. The third-order valence-electron chi connectivity index (χ3n) is 8.06. The Morgan fingerprint density at radius 3 is 2.34 bits per heavy atom. The molecule has 1 saturated heterocycles. The molecule has 2 aromatic rings. The summed E-state index contributed by atoms with van der Waals surface area (Å²) in [6, 6.07) is 16.3. The predicted molar refractivity (Wildman–Crippen MR) is 131 cm³/mol. The first-order valence-electron chi connectivity index (χ1n) is 12.5. The molecule has 7 heteroatoms. The van der Waals surface area contributed by atoms with Crippen molar-refractivity contribution in [2.24, 2.45) is 5.92 Å². The van der Waals surface area contributed by atoms with Crippen molar-refractivity contribution >= 4 is 18.0 Å². The maximum absolute atomic E-state index is 13.2. The number of carboxylic acid groups (broad SMARTS) is 1. The van der Waals surface area contributed by atoms with Gasteiger partial charge in [-0.05, 0) is 61.3 Å². The summed E-state index contributed by atoms with van der Waals surface area (Å²) in [7, 11) is 0. The van der Waals surface area contributed by atoms with Gasteiger partial charge in [0.25, 0.3) is 0 Å². The molecule has 0 spiro atoms. The molecule has 2 fully saturated rings. The van der Waals surface area contributed by atoms with Gasteiger partial charge in [0.15, 0.2) is 0 Å². The molecule has 1 heterocycles. The minimum absolute atomic E-state index is 0.00213. The molecule has 1 unspecified atom stereocenters. The van der Waals surface area contributed by atoms with Crippen LogP contribution >= 0.6 is 0 Å².